The van der Waals surface area contributed by atoms with Gasteiger partial charge in [0.1, 0.15) is 5.75 Å². The second-order valence-corrected chi connectivity index (χ2v) is 6.40. The molecule has 0 spiro atoms. The first-order valence-corrected chi connectivity index (χ1v) is 8.48. The summed E-state index contributed by atoms with van der Waals surface area (Å²) < 4.78 is 5.26. The molecule has 3 nitrogen and oxygen atoms in total. The van der Waals surface area contributed by atoms with E-state index < -0.39 is 0 Å². The number of nitrogens with one attached hydrogen (secondary N) is 1. The van der Waals surface area contributed by atoms with Crippen molar-refractivity contribution in [1.29, 1.82) is 0 Å². The number of fused-ring (bicyclic) bond motifs is 1. The largest absolute Gasteiger partial charge is 0.497 e. The molecule has 1 atom stereocenters. The van der Waals surface area contributed by atoms with Crippen molar-refractivity contribution < 1.29 is 9.53 Å². The average Bonchev–Trinajstić information content (AvgIpc) is 2.65. The highest BCUT2D eigenvalue weighted by Crippen LogP contribution is 2.25. The first-order chi connectivity index (χ1) is 12.1. The molecule has 0 saturated heterocycles. The minimum atomic E-state index is -0.197. The third-order valence-corrected chi connectivity index (χ3v) is 4.55. The number of benzene rings is 3. The fraction of sp³-hybridized carbons (Fsp3) is 0.227. The molecule has 0 heterocycles. The molecule has 25 heavy (non-hydrogen) atoms. The Labute approximate surface area is 148 Å². The van der Waals surface area contributed by atoms with Crippen molar-refractivity contribution in [3.63, 3.8) is 0 Å². The molecule has 0 fully saturated rings. The van der Waals surface area contributed by atoms with Gasteiger partial charge in [-0.3, -0.25) is 4.79 Å². The molecule has 128 valence electrons. The van der Waals surface area contributed by atoms with E-state index >= 15 is 0 Å². The summed E-state index contributed by atoms with van der Waals surface area (Å²) in [6.07, 6.45) is 0. The van der Waals surface area contributed by atoms with Crippen LogP contribution in [0, 0.1) is 6.92 Å². The number of carbonyl (C=O) groups excluding carboxylic acids is 1. The van der Waals surface area contributed by atoms with E-state index in [2.05, 4.69) is 30.4 Å². The van der Waals surface area contributed by atoms with Gasteiger partial charge in [0.05, 0.1) is 13.0 Å². The summed E-state index contributed by atoms with van der Waals surface area (Å²) in [6.45, 7) is 4.54. The molecule has 0 radical (unpaired) electrons. The van der Waals surface area contributed by atoms with Gasteiger partial charge in [0, 0.05) is 6.54 Å². The summed E-state index contributed by atoms with van der Waals surface area (Å²) in [4.78, 5) is 12.5. The highest BCUT2D eigenvalue weighted by atomic mass is 16.5. The minimum Gasteiger partial charge on any atom is -0.497 e. The maximum absolute atomic E-state index is 12.5. The van der Waals surface area contributed by atoms with Gasteiger partial charge in [-0.1, -0.05) is 54.1 Å². The normalized spacial score (nSPS) is 12.0. The third kappa shape index (κ3) is 4.00. The molecule has 0 aromatic heterocycles. The fourth-order valence-electron chi connectivity index (χ4n) is 2.84. The molecule has 0 unspecified atom stereocenters. The van der Waals surface area contributed by atoms with Crippen LogP contribution in [0.25, 0.3) is 10.8 Å². The summed E-state index contributed by atoms with van der Waals surface area (Å²) in [5.74, 6) is 0.675. The van der Waals surface area contributed by atoms with Crippen molar-refractivity contribution in [2.24, 2.45) is 0 Å². The molecular weight excluding hydrogens is 310 g/mol. The Balaban J connectivity index is 1.70. The lowest BCUT2D eigenvalue weighted by Gasteiger charge is -2.14. The van der Waals surface area contributed by atoms with E-state index in [1.807, 2.05) is 49.4 Å². The number of ether oxygens (including phenoxy) is 1. The van der Waals surface area contributed by atoms with Crippen LogP contribution in [-0.4, -0.2) is 13.0 Å². The second-order valence-electron chi connectivity index (χ2n) is 6.40. The van der Waals surface area contributed by atoms with Crippen molar-refractivity contribution in [2.75, 3.05) is 7.11 Å². The molecule has 0 aliphatic heterocycles. The van der Waals surface area contributed by atoms with E-state index in [1.165, 1.54) is 5.56 Å². The van der Waals surface area contributed by atoms with E-state index in [-0.39, 0.29) is 11.8 Å². The Kier molecular flexibility index (Phi) is 5.03. The van der Waals surface area contributed by atoms with Gasteiger partial charge in [0.2, 0.25) is 5.91 Å². The maximum atomic E-state index is 12.5. The van der Waals surface area contributed by atoms with Gasteiger partial charge in [0.15, 0.2) is 0 Å². The lowest BCUT2D eigenvalue weighted by molar-refractivity contribution is -0.122. The number of rotatable bonds is 5. The zero-order chi connectivity index (χ0) is 17.8. The van der Waals surface area contributed by atoms with Crippen molar-refractivity contribution >= 4 is 16.7 Å². The zero-order valence-electron chi connectivity index (χ0n) is 14.9. The average molecular weight is 333 g/mol. The number of amides is 1. The first-order valence-electron chi connectivity index (χ1n) is 8.48. The Hall–Kier alpha value is -2.81. The molecule has 3 heteroatoms. The maximum Gasteiger partial charge on any atom is 0.227 e. The highest BCUT2D eigenvalue weighted by Gasteiger charge is 2.15. The topological polar surface area (TPSA) is 38.3 Å². The van der Waals surface area contributed by atoms with Crippen LogP contribution in [0.5, 0.6) is 5.75 Å². The summed E-state index contributed by atoms with van der Waals surface area (Å²) in [6, 6.07) is 20.3. The van der Waals surface area contributed by atoms with Crippen molar-refractivity contribution in [1.82, 2.24) is 5.32 Å². The number of carbonyl (C=O) groups is 1. The molecule has 0 aliphatic carbocycles. The predicted molar refractivity (Wildman–Crippen MR) is 102 cm³/mol. The van der Waals surface area contributed by atoms with Gasteiger partial charge < -0.3 is 10.1 Å². The van der Waals surface area contributed by atoms with Crippen LogP contribution in [0.15, 0.2) is 60.7 Å². The monoisotopic (exact) mass is 333 g/mol. The predicted octanol–water partition coefficient (Wildman–Crippen LogP) is 4.58. The van der Waals surface area contributed by atoms with Gasteiger partial charge in [-0.05, 0) is 47.9 Å². The van der Waals surface area contributed by atoms with Gasteiger partial charge in [0.25, 0.3) is 0 Å². The Morgan fingerprint density at radius 1 is 1.00 bits per heavy atom. The van der Waals surface area contributed by atoms with E-state index in [0.29, 0.717) is 6.54 Å². The van der Waals surface area contributed by atoms with E-state index in [0.717, 1.165) is 27.6 Å². The van der Waals surface area contributed by atoms with Gasteiger partial charge in [-0.25, -0.2) is 0 Å². The molecule has 0 saturated carbocycles. The Bertz CT molecular complexity index is 884. The zero-order valence-corrected chi connectivity index (χ0v) is 14.9. The van der Waals surface area contributed by atoms with Crippen LogP contribution >= 0.6 is 0 Å². The van der Waals surface area contributed by atoms with Crippen LogP contribution < -0.4 is 10.1 Å². The Morgan fingerprint density at radius 2 is 1.68 bits per heavy atom. The summed E-state index contributed by atoms with van der Waals surface area (Å²) >= 11 is 0. The van der Waals surface area contributed by atoms with Crippen molar-refractivity contribution in [2.45, 2.75) is 26.3 Å². The Morgan fingerprint density at radius 3 is 2.40 bits per heavy atom. The summed E-state index contributed by atoms with van der Waals surface area (Å²) in [5.41, 5.74) is 3.34. The second kappa shape index (κ2) is 7.39. The van der Waals surface area contributed by atoms with E-state index in [4.69, 9.17) is 4.74 Å². The van der Waals surface area contributed by atoms with Gasteiger partial charge >= 0.3 is 0 Å². The smallest absolute Gasteiger partial charge is 0.227 e. The first kappa shape index (κ1) is 17.0. The SMILES string of the molecule is COc1ccc2cc([C@H](C)C(=O)NCc3ccc(C)cc3)ccc2c1. The van der Waals surface area contributed by atoms with E-state index in [1.54, 1.807) is 7.11 Å². The number of hydrogen-bond acceptors (Lipinski definition) is 2. The van der Waals surface area contributed by atoms with Crippen LogP contribution in [0.4, 0.5) is 0 Å². The lowest BCUT2D eigenvalue weighted by atomic mass is 9.97. The number of hydrogen-bond donors (Lipinski definition) is 1. The van der Waals surface area contributed by atoms with Crippen molar-refractivity contribution in [3.05, 3.63) is 77.4 Å². The number of methoxy groups -OCH3 is 1. The molecule has 3 aromatic rings. The molecule has 0 bridgehead atoms. The molecule has 3 rings (SSSR count). The van der Waals surface area contributed by atoms with Crippen LogP contribution in [-0.2, 0) is 11.3 Å². The van der Waals surface area contributed by atoms with Crippen LogP contribution in [0.3, 0.4) is 0 Å². The molecule has 3 aromatic carbocycles. The summed E-state index contributed by atoms with van der Waals surface area (Å²) in [5, 5.41) is 5.24. The van der Waals surface area contributed by atoms with Crippen LogP contribution in [0.1, 0.15) is 29.5 Å². The minimum absolute atomic E-state index is 0.0356. The standard InChI is InChI=1S/C22H23NO2/c1-15-4-6-17(7-5-15)14-23-22(24)16(2)18-8-9-20-13-21(25-3)11-10-19(20)12-18/h4-13,16H,14H2,1-3H3,(H,23,24)/t16-/m0/s1. The lowest BCUT2D eigenvalue weighted by Crippen LogP contribution is -2.27. The third-order valence-electron chi connectivity index (χ3n) is 4.55. The fourth-order valence-corrected chi connectivity index (χ4v) is 2.84. The number of aryl methyl sites for hydroxylation is 1. The van der Waals surface area contributed by atoms with Crippen molar-refractivity contribution in [3.8, 4) is 5.75 Å². The highest BCUT2D eigenvalue weighted by molar-refractivity contribution is 5.88. The van der Waals surface area contributed by atoms with Gasteiger partial charge in [-0.15, -0.1) is 0 Å². The molecular formula is C22H23NO2. The molecule has 1 amide bonds. The summed E-state index contributed by atoms with van der Waals surface area (Å²) in [7, 11) is 1.66. The van der Waals surface area contributed by atoms with E-state index in [9.17, 15) is 4.79 Å². The van der Waals surface area contributed by atoms with Crippen LogP contribution in [0.2, 0.25) is 0 Å². The molecule has 0 aliphatic rings. The quantitative estimate of drug-likeness (QED) is 0.742. The van der Waals surface area contributed by atoms with Gasteiger partial charge in [-0.2, -0.15) is 0 Å². The molecule has 1 N–H and O–H groups in total.